The van der Waals surface area contributed by atoms with Crippen LogP contribution in [0.1, 0.15) is 34.1 Å². The van der Waals surface area contributed by atoms with E-state index in [1.807, 2.05) is 6.92 Å². The van der Waals surface area contributed by atoms with Crippen molar-refractivity contribution in [1.29, 1.82) is 0 Å². The molecule has 33 heavy (non-hydrogen) atoms. The second-order valence-corrected chi connectivity index (χ2v) is 8.04. The molecule has 3 aromatic rings. The number of ether oxygens (including phenoxy) is 2. The van der Waals surface area contributed by atoms with E-state index in [1.165, 1.54) is 19.4 Å². The summed E-state index contributed by atoms with van der Waals surface area (Å²) in [5.74, 6) is -3.53. The molecule has 3 heterocycles. The van der Waals surface area contributed by atoms with E-state index in [0.717, 1.165) is 24.1 Å². The van der Waals surface area contributed by atoms with Crippen LogP contribution in [0.2, 0.25) is 0 Å². The van der Waals surface area contributed by atoms with Crippen molar-refractivity contribution in [2.75, 3.05) is 25.6 Å². The standard InChI is InChI=1S/C24H22F3N3O3/c1-14-4-5-17(30-21(31)20-9-16(6-7-28-20)23(2,25)26)10-18(14)15-8-19(22(32-3)29-11-15)24(27)12-33-13-24/h4-11H,12-13H2,1-3H3,(H,30,31). The van der Waals surface area contributed by atoms with Crippen LogP contribution >= 0.6 is 0 Å². The molecule has 9 heteroatoms. The molecule has 0 spiro atoms. The van der Waals surface area contributed by atoms with Gasteiger partial charge in [-0.1, -0.05) is 6.07 Å². The number of carbonyl (C=O) groups is 1. The Morgan fingerprint density at radius 3 is 2.58 bits per heavy atom. The van der Waals surface area contributed by atoms with Gasteiger partial charge < -0.3 is 14.8 Å². The first kappa shape index (κ1) is 22.7. The monoisotopic (exact) mass is 457 g/mol. The molecule has 0 atom stereocenters. The van der Waals surface area contributed by atoms with Crippen LogP contribution in [0.5, 0.6) is 5.88 Å². The molecule has 172 valence electrons. The van der Waals surface area contributed by atoms with Crippen LogP contribution in [0.25, 0.3) is 11.1 Å². The summed E-state index contributed by atoms with van der Waals surface area (Å²) >= 11 is 0. The predicted octanol–water partition coefficient (Wildman–Crippen LogP) is 5.02. The summed E-state index contributed by atoms with van der Waals surface area (Å²) in [4.78, 5) is 20.8. The summed E-state index contributed by atoms with van der Waals surface area (Å²) < 4.78 is 52.5. The van der Waals surface area contributed by atoms with Crippen LogP contribution in [-0.4, -0.2) is 36.2 Å². The van der Waals surface area contributed by atoms with E-state index >= 15 is 4.39 Å². The zero-order valence-electron chi connectivity index (χ0n) is 18.3. The van der Waals surface area contributed by atoms with E-state index in [9.17, 15) is 13.6 Å². The van der Waals surface area contributed by atoms with E-state index in [1.54, 1.807) is 30.5 Å². The third-order valence-electron chi connectivity index (χ3n) is 5.49. The molecule has 1 amide bonds. The summed E-state index contributed by atoms with van der Waals surface area (Å²) in [7, 11) is 1.42. The summed E-state index contributed by atoms with van der Waals surface area (Å²) in [6.07, 6.45) is 2.73. The fraction of sp³-hybridized carbons (Fsp3) is 0.292. The number of nitrogens with one attached hydrogen (secondary N) is 1. The zero-order valence-corrected chi connectivity index (χ0v) is 18.3. The van der Waals surface area contributed by atoms with Gasteiger partial charge in [0.1, 0.15) is 5.69 Å². The lowest BCUT2D eigenvalue weighted by Crippen LogP contribution is -2.43. The largest absolute Gasteiger partial charge is 0.481 e. The maximum atomic E-state index is 15.1. The average molecular weight is 457 g/mol. The molecule has 1 aliphatic heterocycles. The molecule has 1 N–H and O–H groups in total. The van der Waals surface area contributed by atoms with Crippen LogP contribution in [0.4, 0.5) is 18.9 Å². The van der Waals surface area contributed by atoms with Gasteiger partial charge in [-0.3, -0.25) is 9.78 Å². The third-order valence-corrected chi connectivity index (χ3v) is 5.49. The predicted molar refractivity (Wildman–Crippen MR) is 116 cm³/mol. The Balaban J connectivity index is 1.64. The number of anilines is 1. The Morgan fingerprint density at radius 1 is 1.18 bits per heavy atom. The molecule has 0 aliphatic carbocycles. The molecule has 6 nitrogen and oxygen atoms in total. The number of benzene rings is 1. The Bertz CT molecular complexity index is 1210. The van der Waals surface area contributed by atoms with Crippen molar-refractivity contribution >= 4 is 11.6 Å². The van der Waals surface area contributed by atoms with Gasteiger partial charge in [0, 0.05) is 36.1 Å². The smallest absolute Gasteiger partial charge is 0.274 e. The number of methoxy groups -OCH3 is 1. The number of aryl methyl sites for hydroxylation is 1. The number of hydrogen-bond acceptors (Lipinski definition) is 5. The van der Waals surface area contributed by atoms with Crippen molar-refractivity contribution in [3.63, 3.8) is 0 Å². The molecule has 0 bridgehead atoms. The Hall–Kier alpha value is -3.46. The first-order chi connectivity index (χ1) is 15.6. The minimum Gasteiger partial charge on any atom is -0.481 e. The first-order valence-corrected chi connectivity index (χ1v) is 10.2. The number of halogens is 3. The number of alkyl halides is 3. The number of hydrogen-bond donors (Lipinski definition) is 1. The number of pyridine rings is 2. The van der Waals surface area contributed by atoms with Crippen molar-refractivity contribution in [3.05, 3.63) is 71.2 Å². The minimum absolute atomic E-state index is 0.0769. The maximum absolute atomic E-state index is 15.1. The van der Waals surface area contributed by atoms with Gasteiger partial charge in [0.2, 0.25) is 5.88 Å². The van der Waals surface area contributed by atoms with Crippen molar-refractivity contribution in [2.24, 2.45) is 0 Å². The topological polar surface area (TPSA) is 73.3 Å². The van der Waals surface area contributed by atoms with Gasteiger partial charge in [-0.25, -0.2) is 18.2 Å². The van der Waals surface area contributed by atoms with Gasteiger partial charge >= 0.3 is 0 Å². The lowest BCUT2D eigenvalue weighted by molar-refractivity contribution is -0.136. The summed E-state index contributed by atoms with van der Waals surface area (Å²) in [6, 6.07) is 9.07. The van der Waals surface area contributed by atoms with Gasteiger partial charge in [0.25, 0.3) is 11.8 Å². The van der Waals surface area contributed by atoms with Crippen LogP contribution in [0, 0.1) is 6.92 Å². The zero-order chi connectivity index (χ0) is 23.8. The Kier molecular flexibility index (Phi) is 5.84. The lowest BCUT2D eigenvalue weighted by atomic mass is 9.91. The third kappa shape index (κ3) is 4.54. The number of carbonyl (C=O) groups excluding carboxylic acids is 1. The Morgan fingerprint density at radius 2 is 1.94 bits per heavy atom. The molecule has 0 unspecified atom stereocenters. The molecular formula is C24H22F3N3O3. The second kappa shape index (κ2) is 8.47. The summed E-state index contributed by atoms with van der Waals surface area (Å²) in [5.41, 5.74) is 0.836. The van der Waals surface area contributed by atoms with Crippen molar-refractivity contribution in [1.82, 2.24) is 9.97 Å². The summed E-state index contributed by atoms with van der Waals surface area (Å²) in [5, 5.41) is 2.68. The van der Waals surface area contributed by atoms with Gasteiger partial charge in [0.15, 0.2) is 5.67 Å². The molecule has 0 saturated carbocycles. The molecule has 2 aromatic heterocycles. The van der Waals surface area contributed by atoms with E-state index in [-0.39, 0.29) is 30.4 Å². The fourth-order valence-corrected chi connectivity index (χ4v) is 3.55. The molecule has 1 aliphatic rings. The van der Waals surface area contributed by atoms with Crippen LogP contribution in [0.3, 0.4) is 0 Å². The average Bonchev–Trinajstić information content (AvgIpc) is 2.78. The highest BCUT2D eigenvalue weighted by Gasteiger charge is 2.43. The van der Waals surface area contributed by atoms with Crippen molar-refractivity contribution < 1.29 is 27.4 Å². The van der Waals surface area contributed by atoms with Crippen molar-refractivity contribution in [2.45, 2.75) is 25.4 Å². The van der Waals surface area contributed by atoms with Gasteiger partial charge in [0.05, 0.1) is 25.9 Å². The molecule has 1 aromatic carbocycles. The van der Waals surface area contributed by atoms with Crippen LogP contribution in [-0.2, 0) is 16.3 Å². The molecule has 1 saturated heterocycles. The number of rotatable bonds is 6. The Labute approximate surface area is 188 Å². The lowest BCUT2D eigenvalue weighted by Gasteiger charge is -2.34. The van der Waals surface area contributed by atoms with Gasteiger partial charge in [-0.15, -0.1) is 0 Å². The van der Waals surface area contributed by atoms with Gasteiger partial charge in [-0.2, -0.15) is 0 Å². The van der Waals surface area contributed by atoms with Gasteiger partial charge in [-0.05, 0) is 48.4 Å². The highest BCUT2D eigenvalue weighted by Crippen LogP contribution is 2.40. The first-order valence-electron chi connectivity index (χ1n) is 10.2. The molecule has 4 rings (SSSR count). The number of nitrogens with zero attached hydrogens (tertiary/aromatic N) is 2. The number of aromatic nitrogens is 2. The normalized spacial score (nSPS) is 15.0. The molecule has 0 radical (unpaired) electrons. The second-order valence-electron chi connectivity index (χ2n) is 8.04. The van der Waals surface area contributed by atoms with E-state index in [2.05, 4.69) is 15.3 Å². The SMILES string of the molecule is COc1ncc(-c2cc(NC(=O)c3cc(C(C)(F)F)ccn3)ccc2C)cc1C1(F)COC1. The fourth-order valence-electron chi connectivity index (χ4n) is 3.55. The van der Waals surface area contributed by atoms with E-state index < -0.39 is 17.5 Å². The van der Waals surface area contributed by atoms with Crippen LogP contribution in [0.15, 0.2) is 48.8 Å². The van der Waals surface area contributed by atoms with E-state index in [4.69, 9.17) is 9.47 Å². The summed E-state index contributed by atoms with van der Waals surface area (Å²) in [6.45, 7) is 2.47. The van der Waals surface area contributed by atoms with Crippen LogP contribution < -0.4 is 10.1 Å². The van der Waals surface area contributed by atoms with E-state index in [0.29, 0.717) is 16.8 Å². The minimum atomic E-state index is -3.09. The quantitative estimate of drug-likeness (QED) is 0.563. The highest BCUT2D eigenvalue weighted by atomic mass is 19.3. The maximum Gasteiger partial charge on any atom is 0.274 e. The number of amides is 1. The van der Waals surface area contributed by atoms with Crippen molar-refractivity contribution in [3.8, 4) is 17.0 Å². The molecule has 1 fully saturated rings. The molecular weight excluding hydrogens is 435 g/mol. The highest BCUT2D eigenvalue weighted by molar-refractivity contribution is 6.03.